The van der Waals surface area contributed by atoms with Gasteiger partial charge >= 0.3 is 0 Å². The van der Waals surface area contributed by atoms with E-state index in [-0.39, 0.29) is 18.6 Å². The van der Waals surface area contributed by atoms with Gasteiger partial charge in [-0.05, 0) is 26.0 Å². The van der Waals surface area contributed by atoms with Gasteiger partial charge in [-0.1, -0.05) is 0 Å². The van der Waals surface area contributed by atoms with Crippen molar-refractivity contribution in [2.75, 3.05) is 26.9 Å². The summed E-state index contributed by atoms with van der Waals surface area (Å²) in [6, 6.07) is 4.33. The molecule has 0 radical (unpaired) electrons. The van der Waals surface area contributed by atoms with Crippen molar-refractivity contribution in [2.45, 2.75) is 26.3 Å². The highest BCUT2D eigenvalue weighted by Crippen LogP contribution is 2.16. The smallest absolute Gasteiger partial charge is 0.246 e. The second-order valence-electron chi connectivity index (χ2n) is 4.23. The molecule has 1 amide bonds. The average molecular weight is 271 g/mol. The van der Waals surface area contributed by atoms with Gasteiger partial charge in [-0.2, -0.15) is 0 Å². The lowest BCUT2D eigenvalue weighted by atomic mass is 10.2. The minimum absolute atomic E-state index is 0.0770. The largest absolute Gasteiger partial charge is 0.382 e. The summed E-state index contributed by atoms with van der Waals surface area (Å²) < 4.78 is 9.99. The molecule has 102 valence electrons. The highest BCUT2D eigenvalue weighted by molar-refractivity contribution is 7.11. The van der Waals surface area contributed by atoms with Crippen molar-refractivity contribution in [1.82, 2.24) is 5.32 Å². The van der Waals surface area contributed by atoms with E-state index in [1.165, 1.54) is 9.75 Å². The number of rotatable bonds is 8. The van der Waals surface area contributed by atoms with Crippen molar-refractivity contribution in [3.8, 4) is 0 Å². The van der Waals surface area contributed by atoms with E-state index in [9.17, 15) is 4.79 Å². The summed E-state index contributed by atoms with van der Waals surface area (Å²) in [6.07, 6.45) is 0.863. The zero-order valence-corrected chi connectivity index (χ0v) is 12.0. The van der Waals surface area contributed by atoms with Gasteiger partial charge in [0.2, 0.25) is 5.91 Å². The Morgan fingerprint density at radius 2 is 2.22 bits per heavy atom. The van der Waals surface area contributed by atoms with Crippen LogP contribution in [0.25, 0.3) is 0 Å². The first-order valence-corrected chi connectivity index (χ1v) is 6.85. The molecule has 1 atom stereocenters. The fourth-order valence-electron chi connectivity index (χ4n) is 1.57. The zero-order valence-electron chi connectivity index (χ0n) is 11.2. The first-order valence-electron chi connectivity index (χ1n) is 6.03. The van der Waals surface area contributed by atoms with Crippen LogP contribution in [0.3, 0.4) is 0 Å². The molecule has 18 heavy (non-hydrogen) atoms. The molecule has 0 aromatic carbocycles. The summed E-state index contributed by atoms with van der Waals surface area (Å²) in [7, 11) is 1.61. The molecule has 1 N–H and O–H groups in total. The number of hydrogen-bond acceptors (Lipinski definition) is 4. The molecule has 0 aliphatic carbocycles. The number of thiophene rings is 1. The van der Waals surface area contributed by atoms with Gasteiger partial charge in [0.15, 0.2) is 0 Å². The predicted molar refractivity (Wildman–Crippen MR) is 73.1 cm³/mol. The quantitative estimate of drug-likeness (QED) is 0.733. The van der Waals surface area contributed by atoms with Gasteiger partial charge in [0.05, 0.1) is 13.2 Å². The molecule has 0 bridgehead atoms. The number of nitrogens with one attached hydrogen (secondary N) is 1. The van der Waals surface area contributed by atoms with E-state index in [1.807, 2.05) is 6.92 Å². The summed E-state index contributed by atoms with van der Waals surface area (Å²) in [5, 5.41) is 2.92. The van der Waals surface area contributed by atoms with Crippen LogP contribution < -0.4 is 5.32 Å². The van der Waals surface area contributed by atoms with Gasteiger partial charge in [-0.3, -0.25) is 4.79 Å². The summed E-state index contributed by atoms with van der Waals surface area (Å²) in [4.78, 5) is 14.1. The third-order valence-electron chi connectivity index (χ3n) is 2.38. The van der Waals surface area contributed by atoms with Crippen molar-refractivity contribution < 1.29 is 14.3 Å². The van der Waals surface area contributed by atoms with E-state index in [1.54, 1.807) is 18.4 Å². The monoisotopic (exact) mass is 271 g/mol. The molecule has 0 aliphatic rings. The molecular formula is C13H21NO3S. The van der Waals surface area contributed by atoms with Crippen LogP contribution in [0.1, 0.15) is 16.7 Å². The van der Waals surface area contributed by atoms with Crippen molar-refractivity contribution in [2.24, 2.45) is 0 Å². The predicted octanol–water partition coefficient (Wildman–Crippen LogP) is 1.77. The van der Waals surface area contributed by atoms with Crippen LogP contribution in [0.2, 0.25) is 0 Å². The van der Waals surface area contributed by atoms with E-state index in [0.29, 0.717) is 13.2 Å². The third-order valence-corrected chi connectivity index (χ3v) is 3.40. The van der Waals surface area contributed by atoms with Crippen molar-refractivity contribution in [1.29, 1.82) is 0 Å². The Balaban J connectivity index is 2.19. The fourth-order valence-corrected chi connectivity index (χ4v) is 2.59. The van der Waals surface area contributed by atoms with Gasteiger partial charge in [-0.15, -0.1) is 11.3 Å². The summed E-state index contributed by atoms with van der Waals surface area (Å²) in [5.41, 5.74) is 0. The van der Waals surface area contributed by atoms with Crippen LogP contribution in [-0.4, -0.2) is 38.9 Å². The van der Waals surface area contributed by atoms with Gasteiger partial charge in [0.25, 0.3) is 0 Å². The number of aryl methyl sites for hydroxylation is 1. The van der Waals surface area contributed by atoms with E-state index in [0.717, 1.165) is 6.42 Å². The number of amides is 1. The minimum atomic E-state index is -0.0770. The highest BCUT2D eigenvalue weighted by atomic mass is 32.1. The van der Waals surface area contributed by atoms with E-state index >= 15 is 0 Å². The maximum atomic E-state index is 11.5. The van der Waals surface area contributed by atoms with Gasteiger partial charge in [0.1, 0.15) is 6.61 Å². The highest BCUT2D eigenvalue weighted by Gasteiger charge is 2.09. The van der Waals surface area contributed by atoms with Gasteiger partial charge in [-0.25, -0.2) is 0 Å². The van der Waals surface area contributed by atoms with Crippen molar-refractivity contribution in [3.63, 3.8) is 0 Å². The average Bonchev–Trinajstić information content (AvgIpc) is 2.70. The third kappa shape index (κ3) is 6.14. The summed E-state index contributed by atoms with van der Waals surface area (Å²) in [6.45, 7) is 5.14. The van der Waals surface area contributed by atoms with Crippen LogP contribution >= 0.6 is 11.3 Å². The molecule has 0 aliphatic heterocycles. The Morgan fingerprint density at radius 3 is 2.83 bits per heavy atom. The molecule has 0 saturated heterocycles. The number of ether oxygens (including phenoxy) is 2. The summed E-state index contributed by atoms with van der Waals surface area (Å²) in [5.74, 6) is -0.0770. The van der Waals surface area contributed by atoms with Crippen LogP contribution in [0.5, 0.6) is 0 Å². The molecule has 0 saturated carbocycles. The first-order chi connectivity index (χ1) is 8.61. The number of carbonyl (C=O) groups is 1. The molecule has 0 spiro atoms. The molecule has 0 unspecified atom stereocenters. The van der Waals surface area contributed by atoms with Crippen LogP contribution in [0.15, 0.2) is 12.1 Å². The maximum Gasteiger partial charge on any atom is 0.246 e. The van der Waals surface area contributed by atoms with Crippen molar-refractivity contribution in [3.05, 3.63) is 21.9 Å². The number of hydrogen-bond donors (Lipinski definition) is 1. The first kappa shape index (κ1) is 15.1. The minimum Gasteiger partial charge on any atom is -0.382 e. The second kappa shape index (κ2) is 8.24. The number of carbonyl (C=O) groups excluding carboxylic acids is 1. The summed E-state index contributed by atoms with van der Waals surface area (Å²) >= 11 is 1.77. The van der Waals surface area contributed by atoms with Gasteiger partial charge < -0.3 is 14.8 Å². The molecule has 1 heterocycles. The fraction of sp³-hybridized carbons (Fsp3) is 0.615. The molecule has 1 aromatic heterocycles. The molecule has 5 heteroatoms. The lowest BCUT2D eigenvalue weighted by molar-refractivity contribution is -0.126. The van der Waals surface area contributed by atoms with Crippen LogP contribution in [-0.2, 0) is 20.7 Å². The lowest BCUT2D eigenvalue weighted by Crippen LogP contribution is -2.36. The Labute approximate surface area is 112 Å². The van der Waals surface area contributed by atoms with E-state index in [4.69, 9.17) is 9.47 Å². The van der Waals surface area contributed by atoms with E-state index in [2.05, 4.69) is 24.4 Å². The SMILES string of the molecule is COCCOCC(=O)N[C@@H](C)Cc1ccc(C)s1. The Morgan fingerprint density at radius 1 is 1.44 bits per heavy atom. The normalized spacial score (nSPS) is 12.4. The molecular weight excluding hydrogens is 250 g/mol. The second-order valence-corrected chi connectivity index (χ2v) is 5.60. The lowest BCUT2D eigenvalue weighted by Gasteiger charge is -2.13. The molecule has 1 rings (SSSR count). The molecule has 0 fully saturated rings. The molecule has 1 aromatic rings. The van der Waals surface area contributed by atoms with Gasteiger partial charge in [0, 0.05) is 29.3 Å². The number of methoxy groups -OCH3 is 1. The Hall–Kier alpha value is -0.910. The Bertz CT molecular complexity index is 365. The van der Waals surface area contributed by atoms with E-state index < -0.39 is 0 Å². The topological polar surface area (TPSA) is 47.6 Å². The maximum absolute atomic E-state index is 11.5. The zero-order chi connectivity index (χ0) is 13.4. The van der Waals surface area contributed by atoms with Crippen LogP contribution in [0, 0.1) is 6.92 Å². The van der Waals surface area contributed by atoms with Crippen molar-refractivity contribution >= 4 is 17.2 Å². The standard InChI is InChI=1S/C13H21NO3S/c1-10(8-12-5-4-11(2)18-12)14-13(15)9-17-7-6-16-3/h4-5,10H,6-9H2,1-3H3,(H,14,15)/t10-/m0/s1. The molecule has 4 nitrogen and oxygen atoms in total. The Kier molecular flexibility index (Phi) is 6.93. The van der Waals surface area contributed by atoms with Crippen LogP contribution in [0.4, 0.5) is 0 Å².